The van der Waals surface area contributed by atoms with Crippen LogP contribution in [0.25, 0.3) is 0 Å². The first-order valence-corrected chi connectivity index (χ1v) is 6.70. The Morgan fingerprint density at radius 3 is 2.89 bits per heavy atom. The number of halogens is 2. The van der Waals surface area contributed by atoms with Crippen LogP contribution in [0.1, 0.15) is 13.0 Å². The van der Waals surface area contributed by atoms with Gasteiger partial charge in [-0.15, -0.1) is 0 Å². The van der Waals surface area contributed by atoms with Crippen molar-refractivity contribution < 1.29 is 4.79 Å². The summed E-state index contributed by atoms with van der Waals surface area (Å²) in [6, 6.07) is 4.53. The van der Waals surface area contributed by atoms with Crippen LogP contribution in [0.2, 0.25) is 5.02 Å². The first-order chi connectivity index (χ1) is 8.97. The minimum Gasteiger partial charge on any atom is -0.397 e. The Morgan fingerprint density at radius 2 is 2.32 bits per heavy atom. The number of hydrogen-bond donors (Lipinski definition) is 2. The molecule has 0 spiro atoms. The van der Waals surface area contributed by atoms with E-state index < -0.39 is 6.04 Å². The first kappa shape index (κ1) is 13.9. The smallest absolute Gasteiger partial charge is 0.248 e. The first-order valence-electron chi connectivity index (χ1n) is 5.53. The van der Waals surface area contributed by atoms with Gasteiger partial charge < -0.3 is 11.1 Å². The SMILES string of the molecule is CC(C(=O)Nc1ccc(Cl)c(N)c1)n1cc(Br)cn1. The van der Waals surface area contributed by atoms with Gasteiger partial charge in [0.15, 0.2) is 0 Å². The molecule has 0 aliphatic carbocycles. The molecule has 0 fully saturated rings. The van der Waals surface area contributed by atoms with Crippen LogP contribution in [0.5, 0.6) is 0 Å². The maximum absolute atomic E-state index is 12.1. The summed E-state index contributed by atoms with van der Waals surface area (Å²) in [6.45, 7) is 1.76. The van der Waals surface area contributed by atoms with Crippen LogP contribution < -0.4 is 11.1 Å². The van der Waals surface area contributed by atoms with Gasteiger partial charge in [0.05, 0.1) is 21.4 Å². The van der Waals surface area contributed by atoms with Crippen molar-refractivity contribution in [3.63, 3.8) is 0 Å². The van der Waals surface area contributed by atoms with Crippen molar-refractivity contribution >= 4 is 44.8 Å². The van der Waals surface area contributed by atoms with Gasteiger partial charge in [-0.2, -0.15) is 5.10 Å². The number of amides is 1. The number of carbonyl (C=O) groups is 1. The molecule has 1 atom stereocenters. The van der Waals surface area contributed by atoms with E-state index in [0.717, 1.165) is 4.47 Å². The summed E-state index contributed by atoms with van der Waals surface area (Å²) in [6.07, 6.45) is 3.37. The van der Waals surface area contributed by atoms with Crippen LogP contribution in [-0.2, 0) is 4.79 Å². The Labute approximate surface area is 123 Å². The van der Waals surface area contributed by atoms with Gasteiger partial charge in [0, 0.05) is 11.9 Å². The van der Waals surface area contributed by atoms with Gasteiger partial charge in [-0.3, -0.25) is 9.48 Å². The van der Waals surface area contributed by atoms with Crippen molar-refractivity contribution in [1.29, 1.82) is 0 Å². The molecule has 1 aromatic heterocycles. The van der Waals surface area contributed by atoms with Gasteiger partial charge in [-0.25, -0.2) is 0 Å². The standard InChI is InChI=1S/C12H12BrClN4O/c1-7(18-6-8(13)5-16-18)12(19)17-9-2-3-10(14)11(15)4-9/h2-7H,15H2,1H3,(H,17,19). The summed E-state index contributed by atoms with van der Waals surface area (Å²) in [5, 5.41) is 7.30. The number of nitrogens with zero attached hydrogens (tertiary/aromatic N) is 2. The molecule has 1 unspecified atom stereocenters. The van der Waals surface area contributed by atoms with Crippen LogP contribution in [-0.4, -0.2) is 15.7 Å². The van der Waals surface area contributed by atoms with Crippen molar-refractivity contribution in [2.45, 2.75) is 13.0 Å². The van der Waals surface area contributed by atoms with E-state index in [4.69, 9.17) is 17.3 Å². The lowest BCUT2D eigenvalue weighted by Crippen LogP contribution is -2.24. The fraction of sp³-hybridized carbons (Fsp3) is 0.167. The van der Waals surface area contributed by atoms with Crippen molar-refractivity contribution in [1.82, 2.24) is 9.78 Å². The topological polar surface area (TPSA) is 72.9 Å². The number of carbonyl (C=O) groups excluding carboxylic acids is 1. The van der Waals surface area contributed by atoms with Crippen LogP contribution >= 0.6 is 27.5 Å². The summed E-state index contributed by atoms with van der Waals surface area (Å²) in [4.78, 5) is 12.1. The van der Waals surface area contributed by atoms with Crippen molar-refractivity contribution in [2.75, 3.05) is 11.1 Å². The minimum absolute atomic E-state index is 0.183. The average Bonchev–Trinajstić information content (AvgIpc) is 2.79. The molecule has 2 aromatic rings. The Balaban J connectivity index is 2.10. The molecule has 0 bridgehead atoms. The maximum atomic E-state index is 12.1. The van der Waals surface area contributed by atoms with E-state index in [9.17, 15) is 4.79 Å². The zero-order chi connectivity index (χ0) is 14.0. The Morgan fingerprint density at radius 1 is 1.58 bits per heavy atom. The van der Waals surface area contributed by atoms with Gasteiger partial charge in [-0.1, -0.05) is 11.6 Å². The summed E-state index contributed by atoms with van der Waals surface area (Å²) < 4.78 is 2.39. The predicted molar refractivity (Wildman–Crippen MR) is 79.1 cm³/mol. The summed E-state index contributed by atoms with van der Waals surface area (Å²) in [5.41, 5.74) is 6.71. The number of benzene rings is 1. The minimum atomic E-state index is -0.428. The number of nitrogen functional groups attached to an aromatic ring is 1. The molecule has 0 aliphatic rings. The number of hydrogen-bond acceptors (Lipinski definition) is 3. The number of rotatable bonds is 3. The van der Waals surface area contributed by atoms with Crippen molar-refractivity contribution in [3.8, 4) is 0 Å². The number of nitrogens with two attached hydrogens (primary N) is 1. The molecule has 1 aromatic carbocycles. The van der Waals surface area contributed by atoms with E-state index in [1.165, 1.54) is 0 Å². The van der Waals surface area contributed by atoms with E-state index in [2.05, 4.69) is 26.3 Å². The van der Waals surface area contributed by atoms with Gasteiger partial charge >= 0.3 is 0 Å². The molecule has 0 aliphatic heterocycles. The van der Waals surface area contributed by atoms with Crippen molar-refractivity contribution in [3.05, 3.63) is 40.1 Å². The largest absolute Gasteiger partial charge is 0.397 e. The third kappa shape index (κ3) is 3.27. The zero-order valence-electron chi connectivity index (χ0n) is 10.1. The number of anilines is 2. The highest BCUT2D eigenvalue weighted by Gasteiger charge is 2.16. The molecule has 1 heterocycles. The van der Waals surface area contributed by atoms with Gasteiger partial charge in [0.1, 0.15) is 6.04 Å². The van der Waals surface area contributed by atoms with Gasteiger partial charge in [-0.05, 0) is 41.1 Å². The molecule has 1 amide bonds. The Hall–Kier alpha value is -1.53. The molecule has 100 valence electrons. The molecule has 3 N–H and O–H groups in total. The predicted octanol–water partition coefficient (Wildman–Crippen LogP) is 3.08. The lowest BCUT2D eigenvalue weighted by atomic mass is 10.2. The fourth-order valence-electron chi connectivity index (χ4n) is 1.51. The molecular weight excluding hydrogens is 332 g/mol. The molecule has 19 heavy (non-hydrogen) atoms. The fourth-order valence-corrected chi connectivity index (χ4v) is 1.93. The number of aromatic nitrogens is 2. The van der Waals surface area contributed by atoms with Crippen LogP contribution in [0.3, 0.4) is 0 Å². The Kier molecular flexibility index (Phi) is 4.11. The molecule has 5 nitrogen and oxygen atoms in total. The second-order valence-corrected chi connectivity index (χ2v) is 5.36. The highest BCUT2D eigenvalue weighted by Crippen LogP contribution is 2.23. The molecule has 0 radical (unpaired) electrons. The second-order valence-electron chi connectivity index (χ2n) is 4.04. The normalized spacial score (nSPS) is 12.2. The van der Waals surface area contributed by atoms with Crippen molar-refractivity contribution in [2.24, 2.45) is 0 Å². The summed E-state index contributed by atoms with van der Waals surface area (Å²) in [5.74, 6) is -0.183. The molecule has 0 saturated carbocycles. The highest BCUT2D eigenvalue weighted by molar-refractivity contribution is 9.10. The second kappa shape index (κ2) is 5.63. The molecule has 2 rings (SSSR count). The molecule has 7 heteroatoms. The summed E-state index contributed by atoms with van der Waals surface area (Å²) >= 11 is 9.11. The molecular formula is C12H12BrClN4O. The average molecular weight is 344 g/mol. The zero-order valence-corrected chi connectivity index (χ0v) is 12.4. The molecule has 0 saturated heterocycles. The van der Waals surface area contributed by atoms with E-state index in [1.54, 1.807) is 42.2 Å². The quantitative estimate of drug-likeness (QED) is 0.841. The summed E-state index contributed by atoms with van der Waals surface area (Å²) in [7, 11) is 0. The van der Waals surface area contributed by atoms with Gasteiger partial charge in [0.2, 0.25) is 5.91 Å². The third-order valence-corrected chi connectivity index (χ3v) is 3.36. The van der Waals surface area contributed by atoms with E-state index in [1.807, 2.05) is 0 Å². The highest BCUT2D eigenvalue weighted by atomic mass is 79.9. The lowest BCUT2D eigenvalue weighted by molar-refractivity contribution is -0.119. The lowest BCUT2D eigenvalue weighted by Gasteiger charge is -2.13. The van der Waals surface area contributed by atoms with Gasteiger partial charge in [0.25, 0.3) is 0 Å². The van der Waals surface area contributed by atoms with Crippen LogP contribution in [0.4, 0.5) is 11.4 Å². The monoisotopic (exact) mass is 342 g/mol. The number of nitrogens with one attached hydrogen (secondary N) is 1. The van der Waals surface area contributed by atoms with Crippen LogP contribution in [0.15, 0.2) is 35.1 Å². The third-order valence-electron chi connectivity index (χ3n) is 2.61. The van der Waals surface area contributed by atoms with Crippen LogP contribution in [0, 0.1) is 0 Å². The van der Waals surface area contributed by atoms with E-state index in [-0.39, 0.29) is 5.91 Å². The Bertz CT molecular complexity index is 614. The van der Waals surface area contributed by atoms with E-state index >= 15 is 0 Å². The maximum Gasteiger partial charge on any atom is 0.248 e. The van der Waals surface area contributed by atoms with E-state index in [0.29, 0.717) is 16.4 Å².